The summed E-state index contributed by atoms with van der Waals surface area (Å²) in [5.41, 5.74) is 0. The Morgan fingerprint density at radius 3 is 3.09 bits per heavy atom. The van der Waals surface area contributed by atoms with E-state index in [4.69, 9.17) is 0 Å². The second-order valence-corrected chi connectivity index (χ2v) is 4.44. The molecule has 1 fully saturated rings. The Hall–Kier alpha value is 0.270. The third-order valence-corrected chi connectivity index (χ3v) is 3.21. The monoisotopic (exact) mass is 174 g/mol. The van der Waals surface area contributed by atoms with Crippen molar-refractivity contribution in [1.29, 1.82) is 0 Å². The first-order valence-electron chi connectivity index (χ1n) is 4.09. The van der Waals surface area contributed by atoms with Crippen molar-refractivity contribution in [2.45, 2.75) is 24.7 Å². The SMILES string of the molecule is [CH2-]N1CCC(O)C(SCC)C1. The van der Waals surface area contributed by atoms with Crippen LogP contribution in [0.1, 0.15) is 13.3 Å². The molecule has 2 unspecified atom stereocenters. The van der Waals surface area contributed by atoms with Crippen molar-refractivity contribution in [3.05, 3.63) is 7.05 Å². The zero-order valence-corrected chi connectivity index (χ0v) is 7.81. The first kappa shape index (κ1) is 9.36. The molecule has 0 aromatic heterocycles. The Labute approximate surface area is 73.0 Å². The number of thioether (sulfide) groups is 1. The molecule has 2 atom stereocenters. The number of piperidine rings is 1. The largest absolute Gasteiger partial charge is 0.458 e. The molecule has 0 amide bonds. The van der Waals surface area contributed by atoms with Crippen molar-refractivity contribution in [2.75, 3.05) is 18.8 Å². The Bertz CT molecular complexity index is 121. The van der Waals surface area contributed by atoms with E-state index in [0.29, 0.717) is 5.25 Å². The molecular weight excluding hydrogens is 158 g/mol. The number of rotatable bonds is 2. The molecule has 0 saturated carbocycles. The predicted molar refractivity (Wildman–Crippen MR) is 49.5 cm³/mol. The highest BCUT2D eigenvalue weighted by Crippen LogP contribution is 2.21. The lowest BCUT2D eigenvalue weighted by Gasteiger charge is -2.38. The molecule has 1 N–H and O–H groups in total. The molecule has 2 nitrogen and oxygen atoms in total. The first-order valence-corrected chi connectivity index (χ1v) is 5.14. The van der Waals surface area contributed by atoms with Gasteiger partial charge in [-0.05, 0) is 25.3 Å². The van der Waals surface area contributed by atoms with E-state index < -0.39 is 0 Å². The van der Waals surface area contributed by atoms with Gasteiger partial charge in [-0.25, -0.2) is 0 Å². The van der Waals surface area contributed by atoms with Crippen LogP contribution in [-0.2, 0) is 0 Å². The minimum atomic E-state index is -0.113. The number of nitrogens with zero attached hydrogens (tertiary/aromatic N) is 1. The number of hydrogen-bond donors (Lipinski definition) is 1. The Morgan fingerprint density at radius 1 is 1.73 bits per heavy atom. The van der Waals surface area contributed by atoms with Crippen LogP contribution in [-0.4, -0.2) is 40.2 Å². The van der Waals surface area contributed by atoms with E-state index in [9.17, 15) is 5.11 Å². The molecular formula is C8H16NOS-. The van der Waals surface area contributed by atoms with Crippen molar-refractivity contribution in [1.82, 2.24) is 4.90 Å². The maximum atomic E-state index is 9.54. The summed E-state index contributed by atoms with van der Waals surface area (Å²) in [6.07, 6.45) is 0.763. The van der Waals surface area contributed by atoms with E-state index in [1.165, 1.54) is 0 Å². The standard InChI is InChI=1S/C8H16NOS/c1-3-11-8-6-9(2)5-4-7(8)10/h7-8,10H,2-6H2,1H3/q-1. The quantitative estimate of drug-likeness (QED) is 0.631. The van der Waals surface area contributed by atoms with Crippen LogP contribution in [0.25, 0.3) is 0 Å². The molecule has 1 saturated heterocycles. The smallest absolute Gasteiger partial charge is 0.0681 e. The van der Waals surface area contributed by atoms with Gasteiger partial charge in [-0.1, -0.05) is 6.92 Å². The average Bonchev–Trinajstić information content (AvgIpc) is 1.98. The lowest BCUT2D eigenvalue weighted by atomic mass is 10.1. The maximum absolute atomic E-state index is 9.54. The molecule has 1 heterocycles. The van der Waals surface area contributed by atoms with E-state index in [-0.39, 0.29) is 6.10 Å². The van der Waals surface area contributed by atoms with Crippen LogP contribution in [0.2, 0.25) is 0 Å². The molecule has 0 radical (unpaired) electrons. The second kappa shape index (κ2) is 4.33. The van der Waals surface area contributed by atoms with Gasteiger partial charge in [-0.15, -0.1) is 0 Å². The summed E-state index contributed by atoms with van der Waals surface area (Å²) in [6, 6.07) is 0. The normalized spacial score (nSPS) is 34.1. The van der Waals surface area contributed by atoms with Crippen molar-refractivity contribution >= 4 is 11.8 Å². The molecule has 66 valence electrons. The topological polar surface area (TPSA) is 23.5 Å². The van der Waals surface area contributed by atoms with Crippen LogP contribution in [0.4, 0.5) is 0 Å². The van der Waals surface area contributed by atoms with Crippen molar-refractivity contribution < 1.29 is 5.11 Å². The summed E-state index contributed by atoms with van der Waals surface area (Å²) in [7, 11) is 3.87. The zero-order chi connectivity index (χ0) is 8.27. The lowest BCUT2D eigenvalue weighted by Crippen LogP contribution is -2.42. The van der Waals surface area contributed by atoms with E-state index in [2.05, 4.69) is 14.0 Å². The van der Waals surface area contributed by atoms with Gasteiger partial charge in [0.05, 0.1) is 6.10 Å². The average molecular weight is 174 g/mol. The van der Waals surface area contributed by atoms with Crippen LogP contribution >= 0.6 is 11.8 Å². The first-order chi connectivity index (χ1) is 5.24. The van der Waals surface area contributed by atoms with E-state index in [1.807, 2.05) is 16.7 Å². The molecule has 0 aromatic carbocycles. The van der Waals surface area contributed by atoms with Crippen LogP contribution in [0, 0.1) is 7.05 Å². The minimum absolute atomic E-state index is 0.113. The summed E-state index contributed by atoms with van der Waals surface area (Å²) in [5.74, 6) is 1.08. The van der Waals surface area contributed by atoms with Crippen molar-refractivity contribution in [3.8, 4) is 0 Å². The molecule has 11 heavy (non-hydrogen) atoms. The summed E-state index contributed by atoms with van der Waals surface area (Å²) >= 11 is 1.83. The highest BCUT2D eigenvalue weighted by atomic mass is 32.2. The van der Waals surface area contributed by atoms with Gasteiger partial charge < -0.3 is 10.0 Å². The fourth-order valence-electron chi connectivity index (χ4n) is 1.35. The molecule has 0 aromatic rings. The molecule has 1 aliphatic heterocycles. The second-order valence-electron chi connectivity index (χ2n) is 2.93. The van der Waals surface area contributed by atoms with E-state index in [1.54, 1.807) is 0 Å². The summed E-state index contributed by atoms with van der Waals surface area (Å²) < 4.78 is 0. The van der Waals surface area contributed by atoms with Crippen LogP contribution in [0.3, 0.4) is 0 Å². The van der Waals surface area contributed by atoms with Gasteiger partial charge in [0.25, 0.3) is 0 Å². The highest BCUT2D eigenvalue weighted by molar-refractivity contribution is 7.99. The molecule has 0 aliphatic carbocycles. The minimum Gasteiger partial charge on any atom is -0.458 e. The van der Waals surface area contributed by atoms with Gasteiger partial charge in [0, 0.05) is 5.25 Å². The van der Waals surface area contributed by atoms with Crippen LogP contribution in [0.15, 0.2) is 0 Å². The Kier molecular flexibility index (Phi) is 3.69. The lowest BCUT2D eigenvalue weighted by molar-refractivity contribution is 0.108. The Morgan fingerprint density at radius 2 is 2.45 bits per heavy atom. The fourth-order valence-corrected chi connectivity index (χ4v) is 2.45. The van der Waals surface area contributed by atoms with Gasteiger partial charge >= 0.3 is 0 Å². The van der Waals surface area contributed by atoms with Gasteiger partial charge in [-0.2, -0.15) is 11.8 Å². The summed E-state index contributed by atoms with van der Waals surface area (Å²) in [6.45, 7) is 3.99. The number of hydrogen-bond acceptors (Lipinski definition) is 3. The maximum Gasteiger partial charge on any atom is 0.0681 e. The number of aliphatic hydroxyl groups excluding tert-OH is 1. The molecule has 3 heteroatoms. The van der Waals surface area contributed by atoms with E-state index in [0.717, 1.165) is 25.3 Å². The molecule has 0 bridgehead atoms. The van der Waals surface area contributed by atoms with Gasteiger partial charge in [0.2, 0.25) is 0 Å². The molecule has 0 spiro atoms. The van der Waals surface area contributed by atoms with E-state index >= 15 is 0 Å². The highest BCUT2D eigenvalue weighted by Gasteiger charge is 2.22. The summed E-state index contributed by atoms with van der Waals surface area (Å²) in [4.78, 5) is 2.04. The van der Waals surface area contributed by atoms with Crippen molar-refractivity contribution in [2.24, 2.45) is 0 Å². The van der Waals surface area contributed by atoms with Crippen LogP contribution < -0.4 is 0 Å². The van der Waals surface area contributed by atoms with Gasteiger partial charge in [-0.3, -0.25) is 7.05 Å². The molecule has 1 rings (SSSR count). The van der Waals surface area contributed by atoms with Gasteiger partial charge in [0.1, 0.15) is 0 Å². The third-order valence-electron chi connectivity index (χ3n) is 1.99. The van der Waals surface area contributed by atoms with Crippen molar-refractivity contribution in [3.63, 3.8) is 0 Å². The van der Waals surface area contributed by atoms with Gasteiger partial charge in [0.15, 0.2) is 0 Å². The third kappa shape index (κ3) is 2.65. The summed E-state index contributed by atoms with van der Waals surface area (Å²) in [5, 5.41) is 9.92. The fraction of sp³-hybridized carbons (Fsp3) is 0.875. The predicted octanol–water partition coefficient (Wildman–Crippen LogP) is 0.966. The zero-order valence-electron chi connectivity index (χ0n) is 6.99. The Balaban J connectivity index is 2.34. The number of aliphatic hydroxyl groups is 1. The van der Waals surface area contributed by atoms with Crippen LogP contribution in [0.5, 0.6) is 0 Å². The molecule has 1 aliphatic rings. The number of likely N-dealkylation sites (tertiary alicyclic amines) is 1.